The molecule has 5 rings (SSSR count). The van der Waals surface area contributed by atoms with Gasteiger partial charge in [0.2, 0.25) is 0 Å². The van der Waals surface area contributed by atoms with Crippen molar-refractivity contribution in [1.29, 1.82) is 10.5 Å². The van der Waals surface area contributed by atoms with Crippen LogP contribution in [0.3, 0.4) is 0 Å². The van der Waals surface area contributed by atoms with Crippen LogP contribution in [0.5, 0.6) is 0 Å². The molecule has 0 spiro atoms. The minimum atomic E-state index is -4.94. The van der Waals surface area contributed by atoms with Crippen molar-refractivity contribution in [1.82, 2.24) is 29.7 Å². The second-order valence-corrected chi connectivity index (χ2v) is 19.1. The Balaban J connectivity index is -0.000000108. The van der Waals surface area contributed by atoms with E-state index in [4.69, 9.17) is 122 Å². The zero-order valence-corrected chi connectivity index (χ0v) is 51.4. The standard InChI is InChI=1S/C34H44N8O2.2C2H3N.6ClHO4.2Cu.6H2O/c43-33(27-41(21-29-9-1-5-13-35-29)22-30-10-2-6-14-36-30)25-39-17-19-40(20-18-39)26-34(44)28-42(23-31-11-3-7-15-37-31)24-32-12-4-8-16-38-32;2*1-2-3;6*2-1(3,4)5;;;;;;;;/h1-16,33-34,43-44H,17-28H2;2*1H3;6*(H,2,3,4,5);;;6*1H2/q;;;;;;;;;2*+2;;;;;;/p-4/t33-,34-;;;;;;;;;;;;;;;;/m0................/s1. The van der Waals surface area contributed by atoms with Gasteiger partial charge in [-0.2, -0.15) is 10.5 Å². The van der Waals surface area contributed by atoms with E-state index in [9.17, 15) is 10.2 Å². The maximum atomic E-state index is 11.1. The van der Waals surface area contributed by atoms with E-state index in [-0.39, 0.29) is 67.0 Å². The summed E-state index contributed by atoms with van der Waals surface area (Å²) in [6.07, 6.45) is 6.35. The van der Waals surface area contributed by atoms with Gasteiger partial charge >= 0.3 is 34.1 Å². The van der Waals surface area contributed by atoms with E-state index in [1.54, 1.807) is 12.1 Å². The first-order valence-electron chi connectivity index (χ1n) is 20.8. The SMILES string of the molecule is CC#N.CC#N.O.O.O.O.O.O.O[C@H](CN(Cc1ccccn1)Cc1ccccn1)C[NH+]1CC[NH+](C[C@H](O)CN(Cc2ccccn2)Cc2ccccn2)CC1.[Cu+2].[Cu+2].[O-][Cl+3]([O-])([O-])[O-].[O-][Cl+3]([O-])([O-])[O-].[O-][Cl+3]([O-])([O-])[O-].[O-][Cl+3]([O-])([O-])[O-].[O-][Cl+3]([O-])([O-])[O-].[O-][Cl+3]([O-])([O-])[O-]. The zero-order valence-electron chi connectivity index (χ0n) is 45.0. The molecule has 4 aromatic rings. The van der Waals surface area contributed by atoms with Crippen LogP contribution >= 0.6 is 0 Å². The predicted octanol–water partition coefficient (Wildman–Crippen LogP) is -33.0. The molecule has 522 valence electrons. The molecule has 5 heterocycles. The summed E-state index contributed by atoms with van der Waals surface area (Å²) >= 11 is 0. The largest absolute Gasteiger partial charge is 2.00 e. The maximum absolute atomic E-state index is 11.1. The summed E-state index contributed by atoms with van der Waals surface area (Å²) in [5, 5.41) is 36.9. The van der Waals surface area contributed by atoms with Crippen molar-refractivity contribution in [2.45, 2.75) is 52.2 Å². The van der Waals surface area contributed by atoms with Crippen molar-refractivity contribution >= 4 is 0 Å². The fraction of sp³-hybridized carbons (Fsp3) is 0.421. The van der Waals surface area contributed by atoms with Crippen molar-refractivity contribution in [3.63, 3.8) is 0 Å². The topological polar surface area (TPSA) is 897 Å². The van der Waals surface area contributed by atoms with Gasteiger partial charge in [-0.1, -0.05) is 24.3 Å². The summed E-state index contributed by atoms with van der Waals surface area (Å²) in [6, 6.07) is 27.3. The normalized spacial score (nSPS) is 13.5. The fourth-order valence-electron chi connectivity index (χ4n) is 6.01. The Morgan fingerprint density at radius 3 is 0.659 bits per heavy atom. The Bertz CT molecular complexity index is 1850. The van der Waals surface area contributed by atoms with Gasteiger partial charge < -0.3 is 52.9 Å². The fourth-order valence-corrected chi connectivity index (χ4v) is 6.01. The second kappa shape index (κ2) is 61.4. The van der Waals surface area contributed by atoms with Crippen molar-refractivity contribution in [2.24, 2.45) is 0 Å². The number of aliphatic hydroxyl groups is 2. The number of halogens is 6. The number of nitriles is 2. The van der Waals surface area contributed by atoms with E-state index in [2.05, 4.69) is 29.7 Å². The molecule has 16 N–H and O–H groups in total. The third kappa shape index (κ3) is 111. The first kappa shape index (κ1) is 112. The van der Waals surface area contributed by atoms with Crippen molar-refractivity contribution in [2.75, 3.05) is 52.4 Å². The van der Waals surface area contributed by atoms with Crippen LogP contribution in [-0.4, -0.2) is 137 Å². The molecule has 0 saturated carbocycles. The third-order valence-electron chi connectivity index (χ3n) is 8.10. The number of quaternary nitrogens is 2. The third-order valence-corrected chi connectivity index (χ3v) is 8.10. The number of rotatable bonds is 16. The summed E-state index contributed by atoms with van der Waals surface area (Å²) in [5.74, 6) is 0. The van der Waals surface area contributed by atoms with Crippen LogP contribution in [0.25, 0.3) is 0 Å². The molecule has 1 aliphatic heterocycles. The predicted molar refractivity (Wildman–Crippen MR) is 213 cm³/mol. The molecule has 4 aromatic heterocycles. The van der Waals surface area contributed by atoms with E-state index in [1.165, 1.54) is 23.6 Å². The number of aromatic nitrogens is 4. The molecule has 0 aliphatic carbocycles. The van der Waals surface area contributed by atoms with Crippen LogP contribution in [0.15, 0.2) is 97.6 Å². The molecule has 42 nitrogen and oxygen atoms in total. The van der Waals surface area contributed by atoms with Gasteiger partial charge in [0.25, 0.3) is 0 Å². The van der Waals surface area contributed by atoms with Crippen LogP contribution in [0.4, 0.5) is 0 Å². The first-order chi connectivity index (χ1) is 36.4. The molecular weight excluding hydrogens is 1450 g/mol. The molecule has 0 amide bonds. The summed E-state index contributed by atoms with van der Waals surface area (Å²) in [7, 11) is -29.7. The van der Waals surface area contributed by atoms with Crippen LogP contribution in [0, 0.1) is 84.1 Å². The summed E-state index contributed by atoms with van der Waals surface area (Å²) < 4.78 is 204. The van der Waals surface area contributed by atoms with Crippen LogP contribution in [-0.2, 0) is 60.3 Å². The molecule has 1 fully saturated rings. The number of aliphatic hydroxyl groups excluding tert-OH is 2. The van der Waals surface area contributed by atoms with Gasteiger partial charge in [-0.3, -0.25) is 29.7 Å². The first-order valence-corrected chi connectivity index (χ1v) is 28.2. The number of nitrogens with zero attached hydrogens (tertiary/aromatic N) is 8. The monoisotopic (exact) mass is 1510 g/mol. The summed E-state index contributed by atoms with van der Waals surface area (Å²) in [5.41, 5.74) is 3.93. The molecule has 88 heavy (non-hydrogen) atoms. The average molecular weight is 1510 g/mol. The zero-order chi connectivity index (χ0) is 62.8. The van der Waals surface area contributed by atoms with E-state index in [1.807, 2.05) is 97.6 Å². The molecule has 1 saturated heterocycles. The average Bonchev–Trinajstić information content (AvgIpc) is 3.26. The van der Waals surface area contributed by atoms with Crippen molar-refractivity contribution < 1.29 is 260 Å². The van der Waals surface area contributed by atoms with Gasteiger partial charge in [0.15, 0.2) is 0 Å². The molecule has 0 aromatic carbocycles. The summed E-state index contributed by atoms with van der Waals surface area (Å²) in [6.45, 7) is 12.0. The smallest absolute Gasteiger partial charge is 0.412 e. The van der Waals surface area contributed by atoms with Gasteiger partial charge in [0.05, 0.1) is 34.9 Å². The van der Waals surface area contributed by atoms with Crippen LogP contribution < -0.4 is 122 Å². The van der Waals surface area contributed by atoms with E-state index < -0.39 is 73.7 Å². The maximum Gasteiger partial charge on any atom is 2.00 e. The van der Waals surface area contributed by atoms with Crippen molar-refractivity contribution in [3.8, 4) is 12.1 Å². The molecule has 2 atom stereocenters. The molecule has 0 unspecified atom stereocenters. The second-order valence-electron chi connectivity index (χ2n) is 14.6. The number of hydrogen-bond acceptors (Lipinski definition) is 34. The van der Waals surface area contributed by atoms with Gasteiger partial charge in [-0.15, -0.1) is 61.5 Å². The van der Waals surface area contributed by atoms with E-state index in [0.29, 0.717) is 52.4 Å². The van der Waals surface area contributed by atoms with Gasteiger partial charge in [-0.25, -0.2) is 112 Å². The minimum Gasteiger partial charge on any atom is -0.412 e. The Hall–Kier alpha value is -3.08. The Morgan fingerprint density at radius 2 is 0.534 bits per heavy atom. The van der Waals surface area contributed by atoms with Crippen molar-refractivity contribution in [3.05, 3.63) is 120 Å². The minimum absolute atomic E-state index is 0. The van der Waals surface area contributed by atoms with Gasteiger partial charge in [0, 0.05) is 77.9 Å². The Kier molecular flexibility index (Phi) is 78.5. The Morgan fingerprint density at radius 1 is 0.386 bits per heavy atom. The molecule has 1 aliphatic rings. The molecule has 2 radical (unpaired) electrons. The quantitative estimate of drug-likeness (QED) is 0.0757. The number of nitrogens with one attached hydrogen (secondary N) is 2. The van der Waals surface area contributed by atoms with Gasteiger partial charge in [-0.05, 0) is 48.5 Å². The Labute approximate surface area is 534 Å². The molecular formula is C38H64Cl6Cu2N10O32. The van der Waals surface area contributed by atoms with Crippen LogP contribution in [0.1, 0.15) is 36.6 Å². The number of pyridine rings is 4. The summed E-state index contributed by atoms with van der Waals surface area (Å²) in [4.78, 5) is 25.3. The molecule has 0 bridgehead atoms. The molecule has 50 heteroatoms. The van der Waals surface area contributed by atoms with Crippen LogP contribution in [0.2, 0.25) is 0 Å². The number of hydrogen-bond donors (Lipinski definition) is 4. The number of piperazine rings is 1. The van der Waals surface area contributed by atoms with E-state index in [0.717, 1.165) is 49.0 Å². The van der Waals surface area contributed by atoms with E-state index >= 15 is 0 Å². The van der Waals surface area contributed by atoms with Gasteiger partial charge in [0.1, 0.15) is 51.5 Å².